The first-order chi connectivity index (χ1) is 22.5. The summed E-state index contributed by atoms with van der Waals surface area (Å²) in [6.45, 7) is -0.474. The van der Waals surface area contributed by atoms with E-state index in [1.165, 1.54) is 0 Å². The molecule has 12 heteroatoms. The van der Waals surface area contributed by atoms with Gasteiger partial charge >= 0.3 is 23.0 Å². The first-order valence-electron chi connectivity index (χ1n) is 14.5. The summed E-state index contributed by atoms with van der Waals surface area (Å²) < 4.78 is 7.45. The standard InChI is InChI=1S/C35H22N8O3.Cu/c1-43-34-24-12-6-7-13-25(24)35(43)42-33-26-16-18(46-17-27(44)45)14-15-23(26)31(40-33)38-29-20-9-3-2-8-19(20)28(36-29)37-30-21-10-4-5-11-22(21)32(39-30)41-34;/h2-16H,17H2,1H3,(H2,36,37,38,39,40,41,42,44,45);/q;+2/p-1. The van der Waals surface area contributed by atoms with Crippen molar-refractivity contribution in [3.8, 4) is 51.3 Å². The molecule has 0 saturated carbocycles. The van der Waals surface area contributed by atoms with E-state index in [0.29, 0.717) is 62.4 Å². The van der Waals surface area contributed by atoms with E-state index in [2.05, 4.69) is 0 Å². The Morgan fingerprint density at radius 3 is 1.66 bits per heavy atom. The Balaban J connectivity index is 0.00000324. The molecule has 47 heavy (non-hydrogen) atoms. The minimum atomic E-state index is -1.07. The molecule has 0 spiro atoms. The number of fused-ring (bicyclic) bond motifs is 20. The largest absolute Gasteiger partial charge is 2.00 e. The van der Waals surface area contributed by atoms with Crippen LogP contribution in [0, 0.1) is 0 Å². The van der Waals surface area contributed by atoms with Crippen LogP contribution in [0.3, 0.4) is 0 Å². The second-order valence-electron chi connectivity index (χ2n) is 11.0. The van der Waals surface area contributed by atoms with Crippen LogP contribution < -0.4 is 19.3 Å². The summed E-state index contributed by atoms with van der Waals surface area (Å²) in [6, 6.07) is 28.9. The average Bonchev–Trinajstić information content (AvgIpc) is 3.78. The van der Waals surface area contributed by atoms with Crippen molar-refractivity contribution in [3.05, 3.63) is 91.0 Å². The summed E-state index contributed by atoms with van der Waals surface area (Å²) in [6.07, 6.45) is 0. The Bertz CT molecular complexity index is 2610. The molecule has 1 radical (unpaired) electrons. The van der Waals surface area contributed by atoms with Gasteiger partial charge in [-0.05, 0) is 39.7 Å². The van der Waals surface area contributed by atoms with E-state index in [-0.39, 0.29) is 17.1 Å². The zero-order chi connectivity index (χ0) is 30.9. The maximum atomic E-state index is 11.2. The molecule has 8 bridgehead atoms. The molecule has 4 aromatic carbocycles. The molecule has 2 aliphatic rings. The molecule has 0 saturated heterocycles. The Hall–Kier alpha value is -5.97. The Morgan fingerprint density at radius 1 is 0.638 bits per heavy atom. The van der Waals surface area contributed by atoms with E-state index in [1.54, 1.807) is 12.1 Å². The fourth-order valence-corrected chi connectivity index (χ4v) is 6.06. The van der Waals surface area contributed by atoms with Crippen molar-refractivity contribution in [3.63, 3.8) is 0 Å². The van der Waals surface area contributed by atoms with E-state index >= 15 is 0 Å². The number of aliphatic carboxylic acids is 1. The third kappa shape index (κ3) is 4.53. The van der Waals surface area contributed by atoms with Crippen molar-refractivity contribution in [1.29, 1.82) is 0 Å². The quantitative estimate of drug-likeness (QED) is 0.202. The molecule has 3 aromatic heterocycles. The van der Waals surface area contributed by atoms with Gasteiger partial charge in [-0.2, -0.15) is 0 Å². The average molecular weight is 665 g/mol. The molecule has 9 rings (SSSR count). The van der Waals surface area contributed by atoms with Gasteiger partial charge in [0.25, 0.3) is 0 Å². The molecule has 229 valence electrons. The molecule has 11 nitrogen and oxygen atoms in total. The number of hydrogen-bond acceptors (Lipinski definition) is 7. The van der Waals surface area contributed by atoms with Gasteiger partial charge in [-0.15, -0.1) is 0 Å². The smallest absolute Gasteiger partial charge is 0.482 e. The van der Waals surface area contributed by atoms with Gasteiger partial charge < -0.3 is 39.7 Å². The summed E-state index contributed by atoms with van der Waals surface area (Å²) >= 11 is 0. The van der Waals surface area contributed by atoms with E-state index in [1.807, 2.05) is 90.5 Å². The first-order valence-corrected chi connectivity index (χ1v) is 14.5. The van der Waals surface area contributed by atoms with E-state index in [0.717, 1.165) is 33.0 Å². The third-order valence-corrected chi connectivity index (χ3v) is 8.18. The van der Waals surface area contributed by atoms with Crippen LogP contribution in [0.2, 0.25) is 0 Å². The maximum Gasteiger partial charge on any atom is 2.00 e. The van der Waals surface area contributed by atoms with Gasteiger partial charge in [0.05, 0.1) is 18.7 Å². The van der Waals surface area contributed by atoms with Crippen LogP contribution in [0.15, 0.2) is 91.0 Å². The first kappa shape index (κ1) is 28.5. The van der Waals surface area contributed by atoms with Gasteiger partial charge in [0.1, 0.15) is 17.4 Å². The van der Waals surface area contributed by atoms with Gasteiger partial charge in [0, 0.05) is 44.8 Å². The SMILES string of the molecule is C[n+]1c2nc3[n-]c(nc4nc(nc5[n-]c(nc1-c1ccccc1-2)c1cc(OCC(=O)O)ccc51)-c1ccccc1-4)c1ccccc31.[Cu+2]. The molecule has 0 atom stereocenters. The van der Waals surface area contributed by atoms with E-state index in [9.17, 15) is 9.90 Å². The number of benzene rings is 4. The Kier molecular flexibility index (Phi) is 6.57. The van der Waals surface area contributed by atoms with Gasteiger partial charge in [-0.25, -0.2) is 9.78 Å². The van der Waals surface area contributed by atoms with Crippen LogP contribution in [0.5, 0.6) is 5.75 Å². The predicted octanol–water partition coefficient (Wildman–Crippen LogP) is 5.02. The van der Waals surface area contributed by atoms with Crippen molar-refractivity contribution < 1.29 is 36.3 Å². The van der Waals surface area contributed by atoms with Crippen LogP contribution in [0.1, 0.15) is 0 Å². The number of ether oxygens (including phenoxy) is 1. The number of hydrogen-bond donors (Lipinski definition) is 1. The van der Waals surface area contributed by atoms with Crippen LogP contribution in [0.4, 0.5) is 0 Å². The minimum Gasteiger partial charge on any atom is -0.482 e. The number of rotatable bonds is 3. The van der Waals surface area contributed by atoms with Crippen LogP contribution in [0.25, 0.3) is 89.7 Å². The minimum absolute atomic E-state index is 0. The summed E-state index contributed by atoms with van der Waals surface area (Å²) in [4.78, 5) is 46.0. The molecule has 2 aliphatic heterocycles. The normalized spacial score (nSPS) is 11.6. The fraction of sp³-hybridized carbons (Fsp3) is 0.0571. The topological polar surface area (TPSA) is 143 Å². The zero-order valence-electron chi connectivity index (χ0n) is 24.5. The Morgan fingerprint density at radius 2 is 1.11 bits per heavy atom. The van der Waals surface area contributed by atoms with E-state index < -0.39 is 12.6 Å². The number of aromatic nitrogens is 8. The number of carbonyl (C=O) groups is 1. The monoisotopic (exact) mass is 664 g/mol. The molecule has 0 aliphatic carbocycles. The molecular formula is C35H21CuN8O3+. The number of nitrogens with zero attached hydrogens (tertiary/aromatic N) is 8. The van der Waals surface area contributed by atoms with Crippen molar-refractivity contribution in [1.82, 2.24) is 34.9 Å². The van der Waals surface area contributed by atoms with Crippen molar-refractivity contribution >= 4 is 50.1 Å². The number of carboxylic acids is 1. The molecule has 5 heterocycles. The van der Waals surface area contributed by atoms with Crippen LogP contribution >= 0.6 is 0 Å². The summed E-state index contributed by atoms with van der Waals surface area (Å²) in [5.41, 5.74) is 5.32. The summed E-state index contributed by atoms with van der Waals surface area (Å²) in [5.74, 6) is 1.59. The van der Waals surface area contributed by atoms with Gasteiger partial charge in [-0.1, -0.05) is 72.8 Å². The van der Waals surface area contributed by atoms with Crippen molar-refractivity contribution in [2.45, 2.75) is 0 Å². The van der Waals surface area contributed by atoms with Gasteiger partial charge in [0.15, 0.2) is 6.61 Å². The Labute approximate surface area is 276 Å². The molecule has 1 N–H and O–H groups in total. The zero-order valence-corrected chi connectivity index (χ0v) is 25.5. The van der Waals surface area contributed by atoms with Crippen LogP contribution in [-0.4, -0.2) is 42.6 Å². The molecule has 0 unspecified atom stereocenters. The maximum absolute atomic E-state index is 11.2. The van der Waals surface area contributed by atoms with Gasteiger partial charge in [0.2, 0.25) is 0 Å². The predicted molar refractivity (Wildman–Crippen MR) is 171 cm³/mol. The molecule has 7 aromatic rings. The van der Waals surface area contributed by atoms with Crippen molar-refractivity contribution in [2.24, 2.45) is 7.05 Å². The molecule has 0 amide bonds. The van der Waals surface area contributed by atoms with E-state index in [4.69, 9.17) is 39.6 Å². The van der Waals surface area contributed by atoms with Gasteiger partial charge in [-0.3, -0.25) is 4.57 Å². The second kappa shape index (κ2) is 10.8. The molecule has 0 fully saturated rings. The molecular weight excluding hydrogens is 644 g/mol. The summed E-state index contributed by atoms with van der Waals surface area (Å²) in [7, 11) is 1.91. The summed E-state index contributed by atoms with van der Waals surface area (Å²) in [5, 5.41) is 12.3. The second-order valence-corrected chi connectivity index (χ2v) is 11.0. The number of carboxylic acid groups (broad SMARTS) is 1. The fourth-order valence-electron chi connectivity index (χ4n) is 6.06. The van der Waals surface area contributed by atoms with Crippen molar-refractivity contribution in [2.75, 3.05) is 6.61 Å². The van der Waals surface area contributed by atoms with Crippen LogP contribution in [-0.2, 0) is 28.9 Å². The third-order valence-electron chi connectivity index (χ3n) is 8.18.